The fourth-order valence-electron chi connectivity index (χ4n) is 8.05. The maximum Gasteiger partial charge on any atom is 0.326 e. The highest BCUT2D eigenvalue weighted by atomic mass is 16.4. The van der Waals surface area contributed by atoms with Gasteiger partial charge >= 0.3 is 12.0 Å². The van der Waals surface area contributed by atoms with Crippen molar-refractivity contribution in [2.75, 3.05) is 6.54 Å². The molecule has 0 spiro atoms. The molecule has 4 saturated carbocycles. The van der Waals surface area contributed by atoms with Crippen molar-refractivity contribution in [1.82, 2.24) is 16.0 Å². The Morgan fingerprint density at radius 3 is 1.77 bits per heavy atom. The number of amides is 3. The van der Waals surface area contributed by atoms with Gasteiger partial charge in [-0.3, -0.25) is 4.79 Å². The normalized spacial score (nSPS) is 25.5. The van der Waals surface area contributed by atoms with Crippen LogP contribution in [-0.4, -0.2) is 41.1 Å². The van der Waals surface area contributed by atoms with Gasteiger partial charge in [0.25, 0.3) is 0 Å². The molecule has 4 rings (SSSR count). The molecule has 4 aliphatic rings. The van der Waals surface area contributed by atoms with Crippen molar-refractivity contribution < 1.29 is 19.5 Å². The lowest BCUT2D eigenvalue weighted by Gasteiger charge is -2.56. The number of unbranched alkanes of at least 4 members (excludes halogenated alkanes) is 13. The molecular formula is C33H59N3O4. The van der Waals surface area contributed by atoms with Crippen LogP contribution in [0.1, 0.15) is 155 Å². The van der Waals surface area contributed by atoms with Crippen LogP contribution in [0, 0.1) is 17.8 Å². The molecule has 4 bridgehead atoms. The third-order valence-corrected chi connectivity index (χ3v) is 9.76. The number of carbonyl (C=O) groups is 3. The third kappa shape index (κ3) is 12.0. The van der Waals surface area contributed by atoms with E-state index in [1.807, 2.05) is 0 Å². The smallest absolute Gasteiger partial charge is 0.326 e. The molecule has 4 aliphatic carbocycles. The number of urea groups is 1. The fraction of sp³-hybridized carbons (Fsp3) is 0.909. The number of carboxylic acids is 1. The lowest BCUT2D eigenvalue weighted by atomic mass is 9.53. The van der Waals surface area contributed by atoms with Gasteiger partial charge < -0.3 is 21.1 Å². The van der Waals surface area contributed by atoms with Gasteiger partial charge in [-0.15, -0.1) is 0 Å². The molecule has 0 aromatic heterocycles. The number of hydrogen-bond donors (Lipinski definition) is 4. The molecule has 230 valence electrons. The molecule has 1 atom stereocenters. The van der Waals surface area contributed by atoms with Crippen molar-refractivity contribution in [3.8, 4) is 0 Å². The molecule has 0 radical (unpaired) electrons. The summed E-state index contributed by atoms with van der Waals surface area (Å²) >= 11 is 0. The molecule has 0 heterocycles. The Hall–Kier alpha value is -1.79. The van der Waals surface area contributed by atoms with Crippen molar-refractivity contribution in [2.45, 2.75) is 166 Å². The van der Waals surface area contributed by atoms with Gasteiger partial charge in [0.15, 0.2) is 0 Å². The van der Waals surface area contributed by atoms with Gasteiger partial charge in [0.05, 0.1) is 0 Å². The minimum Gasteiger partial charge on any atom is -0.480 e. The second-order valence-electron chi connectivity index (χ2n) is 13.5. The standard InChI is InChI=1S/C33H59N3O4/c1-2-3-4-5-11-14-17-29(31(38)39)35-30(37)18-15-12-9-7-6-8-10-13-16-19-34-32(40)36-33-23-26-20-27(24-33)22-28(21-26)25-33/h26-29H,2-25H2,1H3,(H,35,37)(H,38,39)(H2,34,36,40). The Morgan fingerprint density at radius 2 is 1.23 bits per heavy atom. The van der Waals surface area contributed by atoms with Crippen LogP contribution in [0.25, 0.3) is 0 Å². The highest BCUT2D eigenvalue weighted by molar-refractivity contribution is 5.83. The highest BCUT2D eigenvalue weighted by Crippen LogP contribution is 2.55. The number of carbonyl (C=O) groups excluding carboxylic acids is 2. The SMILES string of the molecule is CCCCCCCCC(NC(=O)CCCCCCCCCCCNC(=O)NC12CC3CC(CC(C3)C1)C2)C(=O)O. The first kappa shape index (κ1) is 32.7. The number of aliphatic carboxylic acids is 1. The van der Waals surface area contributed by atoms with E-state index >= 15 is 0 Å². The summed E-state index contributed by atoms with van der Waals surface area (Å²) in [5, 5.41) is 18.6. The zero-order valence-corrected chi connectivity index (χ0v) is 25.5. The van der Waals surface area contributed by atoms with Crippen molar-refractivity contribution in [1.29, 1.82) is 0 Å². The summed E-state index contributed by atoms with van der Waals surface area (Å²) in [7, 11) is 0. The molecule has 7 heteroatoms. The van der Waals surface area contributed by atoms with E-state index in [1.165, 1.54) is 83.5 Å². The van der Waals surface area contributed by atoms with Crippen molar-refractivity contribution in [3.63, 3.8) is 0 Å². The van der Waals surface area contributed by atoms with E-state index in [9.17, 15) is 19.5 Å². The monoisotopic (exact) mass is 561 g/mol. The van der Waals surface area contributed by atoms with Crippen LogP contribution < -0.4 is 16.0 Å². The summed E-state index contributed by atoms with van der Waals surface area (Å²) in [5.74, 6) is 1.50. The van der Waals surface area contributed by atoms with Crippen molar-refractivity contribution >= 4 is 17.9 Å². The largest absolute Gasteiger partial charge is 0.480 e. The quantitative estimate of drug-likeness (QED) is 0.103. The Bertz CT molecular complexity index is 736. The Labute approximate surface area is 243 Å². The predicted molar refractivity (Wildman–Crippen MR) is 161 cm³/mol. The first-order valence-corrected chi connectivity index (χ1v) is 17.0. The maximum atomic E-state index is 12.5. The van der Waals surface area contributed by atoms with Gasteiger partial charge in [-0.05, 0) is 75.5 Å². The number of hydrogen-bond acceptors (Lipinski definition) is 3. The van der Waals surface area contributed by atoms with Crippen LogP contribution in [0.4, 0.5) is 4.79 Å². The summed E-state index contributed by atoms with van der Waals surface area (Å²) in [4.78, 5) is 36.2. The fourth-order valence-corrected chi connectivity index (χ4v) is 8.05. The number of rotatable bonds is 22. The zero-order chi connectivity index (χ0) is 28.6. The summed E-state index contributed by atoms with van der Waals surface area (Å²) in [6.45, 7) is 2.95. The molecule has 4 fully saturated rings. The Morgan fingerprint density at radius 1 is 0.725 bits per heavy atom. The van der Waals surface area contributed by atoms with E-state index in [0.717, 1.165) is 75.7 Å². The molecular weight excluding hydrogens is 502 g/mol. The first-order valence-electron chi connectivity index (χ1n) is 17.0. The van der Waals surface area contributed by atoms with E-state index in [-0.39, 0.29) is 17.5 Å². The van der Waals surface area contributed by atoms with Gasteiger partial charge in [0, 0.05) is 18.5 Å². The molecule has 3 amide bonds. The summed E-state index contributed by atoms with van der Waals surface area (Å²) in [5.41, 5.74) is 0.0940. The minimum atomic E-state index is -0.918. The molecule has 0 aromatic rings. The van der Waals surface area contributed by atoms with Gasteiger partial charge in [0.1, 0.15) is 6.04 Å². The summed E-state index contributed by atoms with van der Waals surface area (Å²) in [6, 6.07) is -0.697. The van der Waals surface area contributed by atoms with Crippen LogP contribution in [0.5, 0.6) is 0 Å². The van der Waals surface area contributed by atoms with E-state index in [2.05, 4.69) is 22.9 Å². The summed E-state index contributed by atoms with van der Waals surface area (Å²) in [6.07, 6.45) is 25.4. The van der Waals surface area contributed by atoms with Crippen LogP contribution >= 0.6 is 0 Å². The van der Waals surface area contributed by atoms with Crippen LogP contribution in [0.2, 0.25) is 0 Å². The summed E-state index contributed by atoms with van der Waals surface area (Å²) < 4.78 is 0. The molecule has 0 aromatic carbocycles. The minimum absolute atomic E-state index is 0.0481. The van der Waals surface area contributed by atoms with Gasteiger partial charge in [-0.1, -0.05) is 90.4 Å². The van der Waals surface area contributed by atoms with Crippen LogP contribution in [0.3, 0.4) is 0 Å². The predicted octanol–water partition coefficient (Wildman–Crippen LogP) is 7.48. The first-order chi connectivity index (χ1) is 19.4. The van der Waals surface area contributed by atoms with Crippen molar-refractivity contribution in [2.24, 2.45) is 17.8 Å². The Balaban J connectivity index is 1.09. The topological polar surface area (TPSA) is 108 Å². The van der Waals surface area contributed by atoms with E-state index < -0.39 is 12.0 Å². The van der Waals surface area contributed by atoms with E-state index in [0.29, 0.717) is 12.8 Å². The molecule has 0 saturated heterocycles. The molecule has 1 unspecified atom stereocenters. The van der Waals surface area contributed by atoms with Crippen LogP contribution in [0.15, 0.2) is 0 Å². The third-order valence-electron chi connectivity index (χ3n) is 9.76. The second-order valence-corrected chi connectivity index (χ2v) is 13.5. The van der Waals surface area contributed by atoms with Crippen LogP contribution in [-0.2, 0) is 9.59 Å². The Kier molecular flexibility index (Phi) is 14.6. The van der Waals surface area contributed by atoms with Gasteiger partial charge in [0.2, 0.25) is 5.91 Å². The maximum absolute atomic E-state index is 12.5. The zero-order valence-electron chi connectivity index (χ0n) is 25.5. The lowest BCUT2D eigenvalue weighted by Crippen LogP contribution is -2.61. The number of nitrogens with one attached hydrogen (secondary N) is 3. The van der Waals surface area contributed by atoms with E-state index in [1.54, 1.807) is 0 Å². The number of carboxylic acid groups (broad SMARTS) is 1. The highest BCUT2D eigenvalue weighted by Gasteiger charge is 2.51. The molecule has 40 heavy (non-hydrogen) atoms. The average Bonchev–Trinajstić information content (AvgIpc) is 2.89. The molecule has 7 nitrogen and oxygen atoms in total. The van der Waals surface area contributed by atoms with Crippen molar-refractivity contribution in [3.05, 3.63) is 0 Å². The second kappa shape index (κ2) is 17.9. The van der Waals surface area contributed by atoms with Gasteiger partial charge in [-0.25, -0.2) is 9.59 Å². The van der Waals surface area contributed by atoms with E-state index in [4.69, 9.17) is 0 Å². The van der Waals surface area contributed by atoms with Gasteiger partial charge in [-0.2, -0.15) is 0 Å². The lowest BCUT2D eigenvalue weighted by molar-refractivity contribution is -0.142. The average molecular weight is 562 g/mol. The molecule has 4 N–H and O–H groups in total. The molecule has 0 aliphatic heterocycles.